The fraction of sp³-hybridized carbons (Fsp3) is 1.00. The standard InChI is InChI=1S/C11H22ClNO2/c1-9(14-4)6-13-7-10(5-12)15-11(2,3)8-13/h9-10H,5-8H2,1-4H3. The second kappa shape index (κ2) is 5.48. The Morgan fingerprint density at radius 3 is 2.80 bits per heavy atom. The normalized spacial score (nSPS) is 29.0. The van der Waals surface area contributed by atoms with Crippen LogP contribution in [0.2, 0.25) is 0 Å². The van der Waals surface area contributed by atoms with Crippen molar-refractivity contribution in [2.45, 2.75) is 38.6 Å². The predicted molar refractivity (Wildman–Crippen MR) is 62.6 cm³/mol. The van der Waals surface area contributed by atoms with E-state index < -0.39 is 0 Å². The highest BCUT2D eigenvalue weighted by molar-refractivity contribution is 6.18. The molecule has 0 aromatic rings. The Morgan fingerprint density at radius 2 is 2.27 bits per heavy atom. The molecule has 15 heavy (non-hydrogen) atoms. The van der Waals surface area contributed by atoms with Gasteiger partial charge in [0.05, 0.1) is 17.8 Å². The van der Waals surface area contributed by atoms with E-state index in [1.807, 2.05) is 0 Å². The molecule has 1 heterocycles. The summed E-state index contributed by atoms with van der Waals surface area (Å²) in [4.78, 5) is 2.37. The first kappa shape index (κ1) is 13.2. The van der Waals surface area contributed by atoms with E-state index in [0.717, 1.165) is 19.6 Å². The molecular formula is C11H22ClNO2. The molecule has 0 bridgehead atoms. The van der Waals surface area contributed by atoms with E-state index in [9.17, 15) is 0 Å². The summed E-state index contributed by atoms with van der Waals surface area (Å²) in [6, 6.07) is 0. The van der Waals surface area contributed by atoms with Crippen molar-refractivity contribution in [3.05, 3.63) is 0 Å². The Labute approximate surface area is 97.7 Å². The number of ether oxygens (including phenoxy) is 2. The molecule has 0 aromatic heterocycles. The van der Waals surface area contributed by atoms with Crippen molar-refractivity contribution >= 4 is 11.6 Å². The molecule has 0 spiro atoms. The summed E-state index contributed by atoms with van der Waals surface area (Å²) in [7, 11) is 1.75. The summed E-state index contributed by atoms with van der Waals surface area (Å²) < 4.78 is 11.1. The van der Waals surface area contributed by atoms with Gasteiger partial charge in [0.25, 0.3) is 0 Å². The van der Waals surface area contributed by atoms with Crippen LogP contribution >= 0.6 is 11.6 Å². The summed E-state index contributed by atoms with van der Waals surface area (Å²) in [5.41, 5.74) is -0.106. The third kappa shape index (κ3) is 4.27. The fourth-order valence-corrected chi connectivity index (χ4v) is 2.23. The van der Waals surface area contributed by atoms with Gasteiger partial charge in [0.15, 0.2) is 0 Å². The van der Waals surface area contributed by atoms with Crippen molar-refractivity contribution in [1.82, 2.24) is 4.90 Å². The van der Waals surface area contributed by atoms with Gasteiger partial charge in [-0.3, -0.25) is 4.90 Å². The molecule has 1 saturated heterocycles. The van der Waals surface area contributed by atoms with E-state index in [-0.39, 0.29) is 17.8 Å². The molecule has 0 amide bonds. The smallest absolute Gasteiger partial charge is 0.0844 e. The summed E-state index contributed by atoms with van der Waals surface area (Å²) in [5.74, 6) is 0.557. The van der Waals surface area contributed by atoms with Gasteiger partial charge in [0, 0.05) is 32.6 Å². The number of methoxy groups -OCH3 is 1. The van der Waals surface area contributed by atoms with Crippen molar-refractivity contribution in [3.8, 4) is 0 Å². The zero-order valence-electron chi connectivity index (χ0n) is 10.1. The van der Waals surface area contributed by atoms with Crippen LogP contribution < -0.4 is 0 Å². The minimum atomic E-state index is -0.106. The first-order valence-electron chi connectivity index (χ1n) is 5.46. The SMILES string of the molecule is COC(C)CN1CC(CCl)OC(C)(C)C1. The van der Waals surface area contributed by atoms with Crippen LogP contribution in [0, 0.1) is 0 Å². The van der Waals surface area contributed by atoms with Crippen LogP contribution in [0.3, 0.4) is 0 Å². The molecule has 90 valence electrons. The fourth-order valence-electron chi connectivity index (χ4n) is 2.07. The van der Waals surface area contributed by atoms with E-state index >= 15 is 0 Å². The Morgan fingerprint density at radius 1 is 1.60 bits per heavy atom. The molecule has 2 atom stereocenters. The van der Waals surface area contributed by atoms with Gasteiger partial charge in [-0.2, -0.15) is 0 Å². The van der Waals surface area contributed by atoms with Crippen LogP contribution in [0.25, 0.3) is 0 Å². The van der Waals surface area contributed by atoms with Crippen molar-refractivity contribution in [3.63, 3.8) is 0 Å². The van der Waals surface area contributed by atoms with Gasteiger partial charge < -0.3 is 9.47 Å². The van der Waals surface area contributed by atoms with Gasteiger partial charge >= 0.3 is 0 Å². The molecule has 0 aliphatic carbocycles. The van der Waals surface area contributed by atoms with E-state index in [1.165, 1.54) is 0 Å². The maximum absolute atomic E-state index is 5.86. The van der Waals surface area contributed by atoms with E-state index in [4.69, 9.17) is 21.1 Å². The number of alkyl halides is 1. The number of nitrogens with zero attached hydrogens (tertiary/aromatic N) is 1. The van der Waals surface area contributed by atoms with Gasteiger partial charge in [0.2, 0.25) is 0 Å². The summed E-state index contributed by atoms with van der Waals surface area (Å²) >= 11 is 5.86. The molecular weight excluding hydrogens is 214 g/mol. The van der Waals surface area contributed by atoms with Crippen LogP contribution in [0.15, 0.2) is 0 Å². The third-order valence-electron chi connectivity index (χ3n) is 2.64. The lowest BCUT2D eigenvalue weighted by Gasteiger charge is -2.43. The molecule has 2 unspecified atom stereocenters. The zero-order chi connectivity index (χ0) is 11.5. The van der Waals surface area contributed by atoms with Crippen LogP contribution in [0.4, 0.5) is 0 Å². The second-order valence-electron chi connectivity index (χ2n) is 4.89. The number of hydrogen-bond acceptors (Lipinski definition) is 3. The predicted octanol–water partition coefficient (Wildman–Crippen LogP) is 1.74. The molecule has 1 aliphatic heterocycles. The van der Waals surface area contributed by atoms with Crippen molar-refractivity contribution in [1.29, 1.82) is 0 Å². The molecule has 0 N–H and O–H groups in total. The molecule has 1 rings (SSSR count). The Kier molecular flexibility index (Phi) is 4.84. The lowest BCUT2D eigenvalue weighted by molar-refractivity contribution is -0.132. The Hall–Kier alpha value is 0.170. The maximum atomic E-state index is 5.86. The van der Waals surface area contributed by atoms with Gasteiger partial charge in [0.1, 0.15) is 0 Å². The van der Waals surface area contributed by atoms with Crippen LogP contribution in [-0.4, -0.2) is 55.3 Å². The van der Waals surface area contributed by atoms with E-state index in [0.29, 0.717) is 5.88 Å². The quantitative estimate of drug-likeness (QED) is 0.693. The van der Waals surface area contributed by atoms with Crippen molar-refractivity contribution in [2.75, 3.05) is 32.6 Å². The molecule has 3 nitrogen and oxygen atoms in total. The number of halogens is 1. The Bertz CT molecular complexity index is 197. The third-order valence-corrected chi connectivity index (χ3v) is 2.99. The lowest BCUT2D eigenvalue weighted by atomic mass is 10.1. The summed E-state index contributed by atoms with van der Waals surface area (Å²) in [5, 5.41) is 0. The molecule has 0 radical (unpaired) electrons. The monoisotopic (exact) mass is 235 g/mol. The molecule has 1 aliphatic rings. The number of morpholine rings is 1. The van der Waals surface area contributed by atoms with Gasteiger partial charge in [-0.05, 0) is 20.8 Å². The number of hydrogen-bond donors (Lipinski definition) is 0. The molecule has 0 saturated carbocycles. The highest BCUT2D eigenvalue weighted by atomic mass is 35.5. The topological polar surface area (TPSA) is 21.7 Å². The maximum Gasteiger partial charge on any atom is 0.0844 e. The second-order valence-corrected chi connectivity index (χ2v) is 5.20. The van der Waals surface area contributed by atoms with Gasteiger partial charge in [-0.1, -0.05) is 0 Å². The highest BCUT2D eigenvalue weighted by Crippen LogP contribution is 2.21. The van der Waals surface area contributed by atoms with Gasteiger partial charge in [-0.15, -0.1) is 11.6 Å². The highest BCUT2D eigenvalue weighted by Gasteiger charge is 2.33. The van der Waals surface area contributed by atoms with Gasteiger partial charge in [-0.25, -0.2) is 0 Å². The van der Waals surface area contributed by atoms with Crippen LogP contribution in [-0.2, 0) is 9.47 Å². The summed E-state index contributed by atoms with van der Waals surface area (Å²) in [6.45, 7) is 9.08. The van der Waals surface area contributed by atoms with Crippen molar-refractivity contribution < 1.29 is 9.47 Å². The van der Waals surface area contributed by atoms with Crippen molar-refractivity contribution in [2.24, 2.45) is 0 Å². The zero-order valence-corrected chi connectivity index (χ0v) is 10.9. The first-order valence-corrected chi connectivity index (χ1v) is 5.99. The minimum Gasteiger partial charge on any atom is -0.380 e. The average molecular weight is 236 g/mol. The minimum absolute atomic E-state index is 0.106. The number of rotatable bonds is 4. The van der Waals surface area contributed by atoms with E-state index in [1.54, 1.807) is 7.11 Å². The molecule has 0 aromatic carbocycles. The lowest BCUT2D eigenvalue weighted by Crippen LogP contribution is -2.54. The molecule has 4 heteroatoms. The molecule has 1 fully saturated rings. The van der Waals surface area contributed by atoms with E-state index in [2.05, 4.69) is 25.7 Å². The van der Waals surface area contributed by atoms with Crippen LogP contribution in [0.5, 0.6) is 0 Å². The average Bonchev–Trinajstić information content (AvgIpc) is 2.15. The van der Waals surface area contributed by atoms with Crippen LogP contribution in [0.1, 0.15) is 20.8 Å². The largest absolute Gasteiger partial charge is 0.380 e. The Balaban J connectivity index is 2.50. The first-order chi connectivity index (χ1) is 6.96. The summed E-state index contributed by atoms with van der Waals surface area (Å²) in [6.07, 6.45) is 0.398.